The predicted octanol–water partition coefficient (Wildman–Crippen LogP) is 2.41. The van der Waals surface area contributed by atoms with Gasteiger partial charge in [0, 0.05) is 33.1 Å². The second-order valence-corrected chi connectivity index (χ2v) is 5.00. The van der Waals surface area contributed by atoms with Crippen LogP contribution in [0.3, 0.4) is 0 Å². The zero-order chi connectivity index (χ0) is 14.3. The van der Waals surface area contributed by atoms with Gasteiger partial charge in [-0.05, 0) is 31.3 Å². The molecular formula is C15H25NO3. The van der Waals surface area contributed by atoms with Crippen LogP contribution in [0.2, 0.25) is 0 Å². The molecule has 1 saturated carbocycles. The van der Waals surface area contributed by atoms with E-state index >= 15 is 0 Å². The molecule has 0 saturated heterocycles. The summed E-state index contributed by atoms with van der Waals surface area (Å²) in [6, 6.07) is 0.120. The highest BCUT2D eigenvalue weighted by molar-refractivity contribution is 5.87. The van der Waals surface area contributed by atoms with Crippen LogP contribution in [-0.2, 0) is 14.3 Å². The number of amides is 1. The molecular weight excluding hydrogens is 242 g/mol. The number of carbonyl (C=O) groups excluding carboxylic acids is 1. The first-order valence-electron chi connectivity index (χ1n) is 6.75. The van der Waals surface area contributed by atoms with Gasteiger partial charge in [0.25, 0.3) is 0 Å². The predicted molar refractivity (Wildman–Crippen MR) is 75.6 cm³/mol. The van der Waals surface area contributed by atoms with Crippen LogP contribution in [-0.4, -0.2) is 32.0 Å². The van der Waals surface area contributed by atoms with E-state index in [2.05, 4.69) is 18.5 Å². The van der Waals surface area contributed by atoms with Crippen molar-refractivity contribution in [2.24, 2.45) is 5.92 Å². The molecule has 1 fully saturated rings. The highest BCUT2D eigenvalue weighted by atomic mass is 16.7. The van der Waals surface area contributed by atoms with Crippen molar-refractivity contribution in [2.45, 2.75) is 43.9 Å². The average molecular weight is 267 g/mol. The molecule has 1 rings (SSSR count). The van der Waals surface area contributed by atoms with Crippen molar-refractivity contribution in [1.29, 1.82) is 0 Å². The number of ether oxygens (including phenoxy) is 2. The van der Waals surface area contributed by atoms with E-state index in [1.54, 1.807) is 14.2 Å². The molecule has 1 unspecified atom stereocenters. The highest BCUT2D eigenvalue weighted by Crippen LogP contribution is 2.37. The van der Waals surface area contributed by atoms with E-state index in [0.29, 0.717) is 5.92 Å². The lowest BCUT2D eigenvalue weighted by molar-refractivity contribution is -0.228. The molecule has 1 aliphatic rings. The molecule has 0 spiro atoms. The van der Waals surface area contributed by atoms with E-state index in [9.17, 15) is 4.79 Å². The minimum Gasteiger partial charge on any atom is -0.353 e. The number of carbonyl (C=O) groups is 1. The molecule has 108 valence electrons. The Morgan fingerprint density at radius 3 is 2.37 bits per heavy atom. The smallest absolute Gasteiger partial charge is 0.243 e. The Labute approximate surface area is 115 Å². The fraction of sp³-hybridized carbons (Fsp3) is 0.667. The van der Waals surface area contributed by atoms with Crippen LogP contribution in [0.25, 0.3) is 0 Å². The summed E-state index contributed by atoms with van der Waals surface area (Å²) in [5, 5.41) is 2.99. The van der Waals surface area contributed by atoms with Gasteiger partial charge in [0.05, 0.1) is 0 Å². The molecule has 0 aromatic heterocycles. The third-order valence-corrected chi connectivity index (χ3v) is 4.04. The average Bonchev–Trinajstić information content (AvgIpc) is 2.46. The summed E-state index contributed by atoms with van der Waals surface area (Å²) in [5.74, 6) is -0.139. The van der Waals surface area contributed by atoms with E-state index < -0.39 is 5.79 Å². The van der Waals surface area contributed by atoms with Crippen molar-refractivity contribution in [2.75, 3.05) is 14.2 Å². The van der Waals surface area contributed by atoms with Crippen LogP contribution in [0.1, 0.15) is 32.1 Å². The lowest BCUT2D eigenvalue weighted by Crippen LogP contribution is -2.45. The first-order valence-corrected chi connectivity index (χ1v) is 6.75. The van der Waals surface area contributed by atoms with Crippen molar-refractivity contribution in [3.05, 3.63) is 25.3 Å². The van der Waals surface area contributed by atoms with Gasteiger partial charge in [-0.1, -0.05) is 12.7 Å². The SMILES string of the molecule is C=CCC(NC(=O)C=C)C1CCC(OC)(OC)CC1. The zero-order valence-corrected chi connectivity index (χ0v) is 12.0. The summed E-state index contributed by atoms with van der Waals surface area (Å²) in [6.07, 6.45) is 7.58. The number of hydrogen-bond donors (Lipinski definition) is 1. The molecule has 0 bridgehead atoms. The monoisotopic (exact) mass is 267 g/mol. The maximum absolute atomic E-state index is 11.5. The lowest BCUT2D eigenvalue weighted by atomic mass is 9.79. The second-order valence-electron chi connectivity index (χ2n) is 5.00. The largest absolute Gasteiger partial charge is 0.353 e. The Morgan fingerprint density at radius 1 is 1.37 bits per heavy atom. The first-order chi connectivity index (χ1) is 9.10. The van der Waals surface area contributed by atoms with Gasteiger partial charge in [0.15, 0.2) is 5.79 Å². The standard InChI is InChI=1S/C15H25NO3/c1-5-7-13(16-14(17)6-2)12-8-10-15(18-3,19-4)11-9-12/h5-6,12-13H,1-2,7-11H2,3-4H3,(H,16,17). The van der Waals surface area contributed by atoms with Gasteiger partial charge in [0.2, 0.25) is 5.91 Å². The van der Waals surface area contributed by atoms with Gasteiger partial charge in [-0.15, -0.1) is 6.58 Å². The van der Waals surface area contributed by atoms with Crippen LogP contribution >= 0.6 is 0 Å². The van der Waals surface area contributed by atoms with Gasteiger partial charge in [-0.3, -0.25) is 4.79 Å². The quantitative estimate of drug-likeness (QED) is 0.438. The van der Waals surface area contributed by atoms with Gasteiger partial charge >= 0.3 is 0 Å². The van der Waals surface area contributed by atoms with Gasteiger partial charge in [0.1, 0.15) is 0 Å². The number of nitrogens with one attached hydrogen (secondary N) is 1. The number of rotatable bonds is 7. The fourth-order valence-corrected chi connectivity index (χ4v) is 2.76. The van der Waals surface area contributed by atoms with Crippen LogP contribution < -0.4 is 5.32 Å². The summed E-state index contributed by atoms with van der Waals surface area (Å²) in [6.45, 7) is 7.25. The summed E-state index contributed by atoms with van der Waals surface area (Å²) in [5.41, 5.74) is 0. The van der Waals surface area contributed by atoms with Gasteiger partial charge < -0.3 is 14.8 Å². The van der Waals surface area contributed by atoms with Crippen LogP contribution in [0.4, 0.5) is 0 Å². The van der Waals surface area contributed by atoms with Gasteiger partial charge in [-0.2, -0.15) is 0 Å². The van der Waals surface area contributed by atoms with Crippen molar-refractivity contribution in [1.82, 2.24) is 5.32 Å². The van der Waals surface area contributed by atoms with Crippen LogP contribution in [0, 0.1) is 5.92 Å². The molecule has 0 aromatic rings. The molecule has 19 heavy (non-hydrogen) atoms. The maximum Gasteiger partial charge on any atom is 0.243 e. The normalized spacial score (nSPS) is 20.5. The number of hydrogen-bond acceptors (Lipinski definition) is 3. The topological polar surface area (TPSA) is 47.6 Å². The van der Waals surface area contributed by atoms with Crippen molar-refractivity contribution < 1.29 is 14.3 Å². The molecule has 4 heteroatoms. The van der Waals surface area contributed by atoms with E-state index in [-0.39, 0.29) is 11.9 Å². The fourth-order valence-electron chi connectivity index (χ4n) is 2.76. The molecule has 1 aliphatic carbocycles. The second kappa shape index (κ2) is 7.46. The number of methoxy groups -OCH3 is 2. The van der Waals surface area contributed by atoms with Crippen LogP contribution in [0.15, 0.2) is 25.3 Å². The molecule has 0 aliphatic heterocycles. The van der Waals surface area contributed by atoms with Crippen molar-refractivity contribution in [3.8, 4) is 0 Å². The third-order valence-electron chi connectivity index (χ3n) is 4.04. The van der Waals surface area contributed by atoms with Gasteiger partial charge in [-0.25, -0.2) is 0 Å². The van der Waals surface area contributed by atoms with Crippen LogP contribution in [0.5, 0.6) is 0 Å². The third kappa shape index (κ3) is 4.18. The highest BCUT2D eigenvalue weighted by Gasteiger charge is 2.37. The van der Waals surface area contributed by atoms with Crippen molar-refractivity contribution in [3.63, 3.8) is 0 Å². The molecule has 1 N–H and O–H groups in total. The maximum atomic E-state index is 11.5. The molecule has 0 heterocycles. The molecule has 1 amide bonds. The van der Waals surface area contributed by atoms with E-state index in [4.69, 9.17) is 9.47 Å². The molecule has 1 atom stereocenters. The van der Waals surface area contributed by atoms with E-state index in [1.165, 1.54) is 6.08 Å². The first kappa shape index (κ1) is 15.9. The summed E-state index contributed by atoms with van der Waals surface area (Å²) in [4.78, 5) is 11.5. The zero-order valence-electron chi connectivity index (χ0n) is 12.0. The Bertz CT molecular complexity index is 313. The summed E-state index contributed by atoms with van der Waals surface area (Å²) < 4.78 is 10.9. The molecule has 4 nitrogen and oxygen atoms in total. The Morgan fingerprint density at radius 2 is 1.95 bits per heavy atom. The lowest BCUT2D eigenvalue weighted by Gasteiger charge is -2.40. The van der Waals surface area contributed by atoms with E-state index in [0.717, 1.165) is 32.1 Å². The van der Waals surface area contributed by atoms with Crippen molar-refractivity contribution >= 4 is 5.91 Å². The van der Waals surface area contributed by atoms with E-state index in [1.807, 2.05) is 6.08 Å². The Kier molecular flexibility index (Phi) is 6.25. The minimum absolute atomic E-state index is 0.120. The molecule has 0 radical (unpaired) electrons. The molecule has 0 aromatic carbocycles. The minimum atomic E-state index is -0.447. The summed E-state index contributed by atoms with van der Waals surface area (Å²) in [7, 11) is 3.37. The Balaban J connectivity index is 2.61. The Hall–Kier alpha value is -1.13. The summed E-state index contributed by atoms with van der Waals surface area (Å²) >= 11 is 0.